The number of aryl methyl sites for hydroxylation is 2. The number of imidazole rings is 1. The van der Waals surface area contributed by atoms with Gasteiger partial charge in [-0.25, -0.2) is 4.57 Å². The van der Waals surface area contributed by atoms with Gasteiger partial charge in [0, 0.05) is 16.2 Å². The number of nitrogens with zero attached hydrogens (tertiary/aromatic N) is 3. The number of nitriles is 1. The van der Waals surface area contributed by atoms with Gasteiger partial charge in [0.2, 0.25) is 11.0 Å². The topological polar surface area (TPSA) is 45.2 Å². The van der Waals surface area contributed by atoms with Crippen LogP contribution in [0.5, 0.6) is 0 Å². The molecule has 0 aliphatic heterocycles. The standard InChI is InChI=1S/C24H16N3O/c1-14-6-5-8-18-17-7-3-4-9-19(17)27-21-16(13-25)12-15-10-11-28-23(15)22(21)26(2)24(27)20(14)18/h3-12H,1-2H3/q+1. The summed E-state index contributed by atoms with van der Waals surface area (Å²) in [7, 11) is 2.06. The Labute approximate surface area is 160 Å². The van der Waals surface area contributed by atoms with Gasteiger partial charge in [0.05, 0.1) is 18.7 Å². The molecule has 0 N–H and O–H groups in total. The van der Waals surface area contributed by atoms with E-state index in [1.165, 1.54) is 21.7 Å². The number of hydrogen-bond acceptors (Lipinski definition) is 2. The number of fused-ring (bicyclic) bond motifs is 10. The molecule has 0 amide bonds. The average molecular weight is 362 g/mol. The molecule has 0 bridgehead atoms. The maximum absolute atomic E-state index is 9.94. The predicted octanol–water partition coefficient (Wildman–Crippen LogP) is 5.15. The molecule has 0 spiro atoms. The fourth-order valence-corrected chi connectivity index (χ4v) is 4.67. The summed E-state index contributed by atoms with van der Waals surface area (Å²) in [6.45, 7) is 2.14. The van der Waals surface area contributed by atoms with Gasteiger partial charge in [-0.05, 0) is 30.7 Å². The molecule has 132 valence electrons. The van der Waals surface area contributed by atoms with Crippen LogP contribution in [0.2, 0.25) is 0 Å². The van der Waals surface area contributed by atoms with Gasteiger partial charge in [-0.1, -0.05) is 36.4 Å². The summed E-state index contributed by atoms with van der Waals surface area (Å²) in [5.41, 5.74) is 6.67. The van der Waals surface area contributed by atoms with E-state index in [-0.39, 0.29) is 0 Å². The number of rotatable bonds is 0. The number of aromatic nitrogens is 2. The highest BCUT2D eigenvalue weighted by molar-refractivity contribution is 6.15. The van der Waals surface area contributed by atoms with Crippen LogP contribution >= 0.6 is 0 Å². The first-order chi connectivity index (χ1) is 13.7. The second-order valence-electron chi connectivity index (χ2n) is 7.30. The Balaban J connectivity index is 2.12. The van der Waals surface area contributed by atoms with Gasteiger partial charge < -0.3 is 4.42 Å². The van der Waals surface area contributed by atoms with Gasteiger partial charge in [0.15, 0.2) is 5.58 Å². The third-order valence-corrected chi connectivity index (χ3v) is 5.83. The van der Waals surface area contributed by atoms with E-state index in [2.05, 4.69) is 65.4 Å². The van der Waals surface area contributed by atoms with Crippen LogP contribution in [0.25, 0.3) is 49.3 Å². The Morgan fingerprint density at radius 3 is 2.71 bits per heavy atom. The molecule has 0 aliphatic rings. The van der Waals surface area contributed by atoms with Gasteiger partial charge in [-0.3, -0.25) is 0 Å². The van der Waals surface area contributed by atoms with Gasteiger partial charge in [-0.15, -0.1) is 0 Å². The van der Waals surface area contributed by atoms with Crippen molar-refractivity contribution in [3.05, 3.63) is 72.0 Å². The number of pyridine rings is 1. The minimum absolute atomic E-state index is 0.651. The van der Waals surface area contributed by atoms with Crippen molar-refractivity contribution >= 4 is 49.3 Å². The number of para-hydroxylation sites is 1. The Morgan fingerprint density at radius 2 is 1.86 bits per heavy atom. The van der Waals surface area contributed by atoms with E-state index in [4.69, 9.17) is 4.42 Å². The molecule has 0 aliphatic carbocycles. The van der Waals surface area contributed by atoms with Crippen molar-refractivity contribution < 1.29 is 8.98 Å². The molecular weight excluding hydrogens is 346 g/mol. The van der Waals surface area contributed by atoms with E-state index in [9.17, 15) is 5.26 Å². The zero-order valence-corrected chi connectivity index (χ0v) is 15.5. The molecule has 0 radical (unpaired) electrons. The van der Waals surface area contributed by atoms with Crippen LogP contribution in [-0.4, -0.2) is 4.40 Å². The van der Waals surface area contributed by atoms with Crippen molar-refractivity contribution in [2.24, 2.45) is 7.05 Å². The first-order valence-corrected chi connectivity index (χ1v) is 9.25. The average Bonchev–Trinajstić information content (AvgIpc) is 3.30. The van der Waals surface area contributed by atoms with Crippen LogP contribution in [0.3, 0.4) is 0 Å². The maximum atomic E-state index is 9.94. The summed E-state index contributed by atoms with van der Waals surface area (Å²) in [6, 6.07) is 21.1. The molecule has 4 heteroatoms. The van der Waals surface area contributed by atoms with E-state index < -0.39 is 0 Å². The summed E-state index contributed by atoms with van der Waals surface area (Å²) in [5.74, 6) is 0. The Morgan fingerprint density at radius 1 is 1.04 bits per heavy atom. The molecule has 0 fully saturated rings. The molecule has 3 aromatic heterocycles. The molecule has 0 saturated carbocycles. The van der Waals surface area contributed by atoms with Crippen molar-refractivity contribution in [2.75, 3.05) is 0 Å². The number of benzene rings is 3. The monoisotopic (exact) mass is 362 g/mol. The van der Waals surface area contributed by atoms with Crippen LogP contribution in [-0.2, 0) is 7.05 Å². The van der Waals surface area contributed by atoms with Crippen molar-refractivity contribution in [2.45, 2.75) is 6.92 Å². The fraction of sp³-hybridized carbons (Fsp3) is 0.0833. The lowest BCUT2D eigenvalue weighted by atomic mass is 10.0. The lowest BCUT2D eigenvalue weighted by molar-refractivity contribution is -0.616. The third-order valence-electron chi connectivity index (χ3n) is 5.83. The Bertz CT molecular complexity index is 1640. The summed E-state index contributed by atoms with van der Waals surface area (Å²) in [6.07, 6.45) is 1.69. The molecular formula is C24H16N3O+. The van der Waals surface area contributed by atoms with Crippen LogP contribution in [0.4, 0.5) is 0 Å². The van der Waals surface area contributed by atoms with E-state index in [0.717, 1.165) is 33.2 Å². The van der Waals surface area contributed by atoms with Gasteiger partial charge in [0.25, 0.3) is 5.65 Å². The van der Waals surface area contributed by atoms with Gasteiger partial charge in [0.1, 0.15) is 17.1 Å². The molecule has 0 saturated heterocycles. The van der Waals surface area contributed by atoms with E-state index in [1.807, 2.05) is 18.2 Å². The minimum Gasteiger partial charge on any atom is -0.460 e. The highest BCUT2D eigenvalue weighted by atomic mass is 16.3. The normalized spacial score (nSPS) is 11.9. The molecule has 0 unspecified atom stereocenters. The van der Waals surface area contributed by atoms with Crippen LogP contribution in [0.15, 0.2) is 65.3 Å². The molecule has 6 rings (SSSR count). The molecule has 6 aromatic rings. The summed E-state index contributed by atoms with van der Waals surface area (Å²) < 4.78 is 10.2. The number of hydrogen-bond donors (Lipinski definition) is 0. The smallest absolute Gasteiger partial charge is 0.295 e. The zero-order valence-electron chi connectivity index (χ0n) is 15.5. The molecule has 4 nitrogen and oxygen atoms in total. The Hall–Kier alpha value is -3.84. The second kappa shape index (κ2) is 5.11. The first kappa shape index (κ1) is 15.2. The molecule has 0 atom stereocenters. The predicted molar refractivity (Wildman–Crippen MR) is 110 cm³/mol. The highest BCUT2D eigenvalue weighted by Gasteiger charge is 2.29. The van der Waals surface area contributed by atoms with Crippen LogP contribution in [0, 0.1) is 18.3 Å². The SMILES string of the molecule is Cc1cccc2c3ccccc3n3c4c(C#N)cc5ccoc5c4[n+](C)c3c12. The number of furan rings is 1. The Kier molecular flexibility index (Phi) is 2.78. The van der Waals surface area contributed by atoms with E-state index >= 15 is 0 Å². The summed E-state index contributed by atoms with van der Waals surface area (Å²) in [5, 5.41) is 14.5. The molecule has 3 heterocycles. The first-order valence-electron chi connectivity index (χ1n) is 9.25. The van der Waals surface area contributed by atoms with Gasteiger partial charge >= 0.3 is 0 Å². The largest absolute Gasteiger partial charge is 0.460 e. The highest BCUT2D eigenvalue weighted by Crippen LogP contribution is 2.36. The van der Waals surface area contributed by atoms with Crippen molar-refractivity contribution in [1.29, 1.82) is 5.26 Å². The second-order valence-corrected chi connectivity index (χ2v) is 7.30. The lowest BCUT2D eigenvalue weighted by Gasteiger charge is -2.06. The third kappa shape index (κ3) is 1.67. The zero-order chi connectivity index (χ0) is 19.0. The summed E-state index contributed by atoms with van der Waals surface area (Å²) in [4.78, 5) is 0. The van der Waals surface area contributed by atoms with Crippen molar-refractivity contribution in [1.82, 2.24) is 4.40 Å². The van der Waals surface area contributed by atoms with Crippen LogP contribution < -0.4 is 4.57 Å². The summed E-state index contributed by atoms with van der Waals surface area (Å²) >= 11 is 0. The van der Waals surface area contributed by atoms with Crippen LogP contribution in [0.1, 0.15) is 11.1 Å². The molecule has 28 heavy (non-hydrogen) atoms. The fourth-order valence-electron chi connectivity index (χ4n) is 4.67. The van der Waals surface area contributed by atoms with Crippen molar-refractivity contribution in [3.8, 4) is 6.07 Å². The van der Waals surface area contributed by atoms with Crippen molar-refractivity contribution in [3.63, 3.8) is 0 Å². The minimum atomic E-state index is 0.651. The maximum Gasteiger partial charge on any atom is 0.295 e. The van der Waals surface area contributed by atoms with E-state index in [0.29, 0.717) is 5.56 Å². The quantitative estimate of drug-likeness (QED) is 0.277. The lowest BCUT2D eigenvalue weighted by Crippen LogP contribution is -2.27. The van der Waals surface area contributed by atoms with E-state index in [1.54, 1.807) is 6.26 Å². The van der Waals surface area contributed by atoms with Gasteiger partial charge in [-0.2, -0.15) is 9.66 Å². The molecule has 3 aromatic carbocycles.